The van der Waals surface area contributed by atoms with E-state index in [0.717, 1.165) is 23.7 Å². The number of anilines is 1. The Hall–Kier alpha value is -1.62. The largest absolute Gasteiger partial charge is 0.486 e. The molecule has 0 radical (unpaired) electrons. The summed E-state index contributed by atoms with van der Waals surface area (Å²) in [7, 11) is 0. The lowest BCUT2D eigenvalue weighted by Crippen LogP contribution is -2.05. The molecule has 0 aromatic heterocycles. The van der Waals surface area contributed by atoms with Crippen LogP contribution in [0, 0.1) is 5.92 Å². The van der Waals surface area contributed by atoms with E-state index in [2.05, 4.69) is 5.32 Å². The summed E-state index contributed by atoms with van der Waals surface area (Å²) in [6, 6.07) is 8.79. The van der Waals surface area contributed by atoms with Crippen LogP contribution in [0.15, 0.2) is 30.3 Å². The Kier molecular flexibility index (Phi) is 6.17. The number of benzene rings is 2. The van der Waals surface area contributed by atoms with E-state index in [1.165, 1.54) is 12.8 Å². The van der Waals surface area contributed by atoms with Gasteiger partial charge in [0.1, 0.15) is 6.61 Å². The third-order valence-electron chi connectivity index (χ3n) is 4.05. The van der Waals surface area contributed by atoms with Crippen molar-refractivity contribution >= 4 is 46.5 Å². The zero-order valence-corrected chi connectivity index (χ0v) is 16.2. The van der Waals surface area contributed by atoms with Crippen molar-refractivity contribution in [1.82, 2.24) is 0 Å². The Morgan fingerprint density at radius 2 is 1.77 bits per heavy atom. The van der Waals surface area contributed by atoms with E-state index in [9.17, 15) is 4.79 Å². The van der Waals surface area contributed by atoms with Gasteiger partial charge in [-0.3, -0.25) is 4.79 Å². The highest BCUT2D eigenvalue weighted by atomic mass is 35.5. The monoisotopic (exact) mass is 413 g/mol. The molecule has 0 heterocycles. The maximum absolute atomic E-state index is 10.8. The van der Waals surface area contributed by atoms with Crippen LogP contribution < -0.4 is 10.1 Å². The molecule has 7 heteroatoms. The molecule has 1 saturated carbocycles. The molecule has 26 heavy (non-hydrogen) atoms. The van der Waals surface area contributed by atoms with Crippen LogP contribution in [0.25, 0.3) is 0 Å². The second-order valence-electron chi connectivity index (χ2n) is 6.42. The SMILES string of the molecule is O=C(O)Cc1cc(Cl)c(OCc2cc(Cl)cc(NCC3CC3)c2)c(Cl)c1. The summed E-state index contributed by atoms with van der Waals surface area (Å²) < 4.78 is 5.76. The highest BCUT2D eigenvalue weighted by molar-refractivity contribution is 6.37. The molecule has 0 unspecified atom stereocenters. The van der Waals surface area contributed by atoms with Crippen LogP contribution in [0.1, 0.15) is 24.0 Å². The number of ether oxygens (including phenoxy) is 1. The second-order valence-corrected chi connectivity index (χ2v) is 7.67. The number of carbonyl (C=O) groups is 1. The average molecular weight is 415 g/mol. The van der Waals surface area contributed by atoms with E-state index >= 15 is 0 Å². The zero-order chi connectivity index (χ0) is 18.7. The van der Waals surface area contributed by atoms with Crippen LogP contribution in [0.5, 0.6) is 5.75 Å². The van der Waals surface area contributed by atoms with Gasteiger partial charge in [0.2, 0.25) is 0 Å². The fourth-order valence-electron chi connectivity index (χ4n) is 2.60. The van der Waals surface area contributed by atoms with Gasteiger partial charge in [-0.25, -0.2) is 0 Å². The fourth-order valence-corrected chi connectivity index (χ4v) is 3.50. The topological polar surface area (TPSA) is 58.6 Å². The molecule has 138 valence electrons. The first-order chi connectivity index (χ1) is 12.4. The first-order valence-corrected chi connectivity index (χ1v) is 9.40. The molecule has 1 fully saturated rings. The van der Waals surface area contributed by atoms with Crippen LogP contribution >= 0.6 is 34.8 Å². The summed E-state index contributed by atoms with van der Waals surface area (Å²) >= 11 is 18.6. The molecule has 1 aliphatic rings. The van der Waals surface area contributed by atoms with E-state index in [1.54, 1.807) is 12.1 Å². The van der Waals surface area contributed by atoms with E-state index < -0.39 is 5.97 Å². The molecular formula is C19H18Cl3NO3. The van der Waals surface area contributed by atoms with Crippen molar-refractivity contribution in [3.05, 3.63) is 56.5 Å². The molecule has 2 aromatic rings. The number of aliphatic carboxylic acids is 1. The van der Waals surface area contributed by atoms with Crippen LogP contribution in [0.2, 0.25) is 15.1 Å². The zero-order valence-electron chi connectivity index (χ0n) is 13.9. The number of hydrogen-bond donors (Lipinski definition) is 2. The van der Waals surface area contributed by atoms with E-state index in [4.69, 9.17) is 44.6 Å². The van der Waals surface area contributed by atoms with Gasteiger partial charge < -0.3 is 15.2 Å². The lowest BCUT2D eigenvalue weighted by atomic mass is 10.1. The maximum atomic E-state index is 10.8. The van der Waals surface area contributed by atoms with E-state index in [-0.39, 0.29) is 23.1 Å². The number of halogens is 3. The summed E-state index contributed by atoms with van der Waals surface area (Å²) in [5, 5.41) is 13.4. The molecule has 0 saturated heterocycles. The van der Waals surface area contributed by atoms with Crippen molar-refractivity contribution < 1.29 is 14.6 Å². The van der Waals surface area contributed by atoms with Crippen LogP contribution in [0.3, 0.4) is 0 Å². The van der Waals surface area contributed by atoms with Crippen molar-refractivity contribution in [2.24, 2.45) is 5.92 Å². The maximum Gasteiger partial charge on any atom is 0.307 e. The number of carboxylic acid groups (broad SMARTS) is 1. The van der Waals surface area contributed by atoms with Crippen LogP contribution in [-0.2, 0) is 17.8 Å². The summed E-state index contributed by atoms with van der Waals surface area (Å²) in [6.45, 7) is 1.19. The molecule has 0 bridgehead atoms. The number of nitrogens with one attached hydrogen (secondary N) is 1. The molecule has 2 N–H and O–H groups in total. The van der Waals surface area contributed by atoms with Gasteiger partial charge in [0.15, 0.2) is 5.75 Å². The first-order valence-electron chi connectivity index (χ1n) is 8.26. The predicted molar refractivity (Wildman–Crippen MR) is 105 cm³/mol. The molecule has 0 spiro atoms. The lowest BCUT2D eigenvalue weighted by Gasteiger charge is -2.13. The summed E-state index contributed by atoms with van der Waals surface area (Å²) in [5.41, 5.74) is 2.36. The van der Waals surface area contributed by atoms with Gasteiger partial charge in [-0.05, 0) is 60.2 Å². The molecule has 4 nitrogen and oxygen atoms in total. The van der Waals surface area contributed by atoms with Crippen LogP contribution in [0.4, 0.5) is 5.69 Å². The Labute approximate surface area is 167 Å². The molecule has 0 aliphatic heterocycles. The van der Waals surface area contributed by atoms with Gasteiger partial charge in [-0.15, -0.1) is 0 Å². The van der Waals surface area contributed by atoms with Crippen molar-refractivity contribution in [1.29, 1.82) is 0 Å². The highest BCUT2D eigenvalue weighted by Crippen LogP contribution is 2.35. The quantitative estimate of drug-likeness (QED) is 0.584. The number of carboxylic acids is 1. The van der Waals surface area contributed by atoms with Gasteiger partial charge in [0.25, 0.3) is 0 Å². The van der Waals surface area contributed by atoms with Gasteiger partial charge in [-0.2, -0.15) is 0 Å². The van der Waals surface area contributed by atoms with Crippen LogP contribution in [-0.4, -0.2) is 17.6 Å². The van der Waals surface area contributed by atoms with E-state index in [0.29, 0.717) is 16.3 Å². The van der Waals surface area contributed by atoms with Crippen molar-refractivity contribution in [3.63, 3.8) is 0 Å². The van der Waals surface area contributed by atoms with Gasteiger partial charge in [0, 0.05) is 17.3 Å². The molecule has 0 amide bonds. The molecule has 1 aliphatic carbocycles. The smallest absolute Gasteiger partial charge is 0.307 e. The van der Waals surface area contributed by atoms with Crippen molar-refractivity contribution in [2.75, 3.05) is 11.9 Å². The Balaban J connectivity index is 1.69. The molecular weight excluding hydrogens is 397 g/mol. The van der Waals surface area contributed by atoms with Crippen molar-refractivity contribution in [2.45, 2.75) is 25.9 Å². The lowest BCUT2D eigenvalue weighted by molar-refractivity contribution is -0.136. The summed E-state index contributed by atoms with van der Waals surface area (Å²) in [6.07, 6.45) is 2.40. The Bertz CT molecular complexity index is 799. The standard InChI is InChI=1S/C19H18Cl3NO3/c20-14-3-13(4-15(8-14)23-9-11-1-2-11)10-26-19-16(21)5-12(6-17(19)22)7-18(24)25/h3-6,8,11,23H,1-2,7,9-10H2,(H,24,25). The fraction of sp³-hybridized carbons (Fsp3) is 0.316. The number of rotatable bonds is 8. The first kappa shape index (κ1) is 19.2. The molecule has 3 rings (SSSR count). The minimum absolute atomic E-state index is 0.149. The average Bonchev–Trinajstić information content (AvgIpc) is 3.35. The Morgan fingerprint density at radius 3 is 2.38 bits per heavy atom. The summed E-state index contributed by atoms with van der Waals surface area (Å²) in [4.78, 5) is 10.8. The minimum Gasteiger partial charge on any atom is -0.486 e. The highest BCUT2D eigenvalue weighted by Gasteiger charge is 2.20. The summed E-state index contributed by atoms with van der Waals surface area (Å²) in [5.74, 6) is 0.140. The predicted octanol–water partition coefficient (Wildman–Crippen LogP) is 5.67. The van der Waals surface area contributed by atoms with Crippen molar-refractivity contribution in [3.8, 4) is 5.75 Å². The molecule has 2 aromatic carbocycles. The van der Waals surface area contributed by atoms with Gasteiger partial charge in [-0.1, -0.05) is 34.8 Å². The third-order valence-corrected chi connectivity index (χ3v) is 4.83. The Morgan fingerprint density at radius 1 is 1.08 bits per heavy atom. The third kappa shape index (κ3) is 5.44. The van der Waals surface area contributed by atoms with Gasteiger partial charge >= 0.3 is 5.97 Å². The number of hydrogen-bond acceptors (Lipinski definition) is 3. The van der Waals surface area contributed by atoms with Gasteiger partial charge in [0.05, 0.1) is 16.5 Å². The molecule has 0 atom stereocenters. The second kappa shape index (κ2) is 8.38. The van der Waals surface area contributed by atoms with E-state index in [1.807, 2.05) is 18.2 Å². The minimum atomic E-state index is -0.948. The normalized spacial score (nSPS) is 13.5.